The Morgan fingerprint density at radius 2 is 0.595 bits per heavy atom. The first-order chi connectivity index (χ1) is 39.0. The number of rotatable bonds is 68. The molecule has 79 heavy (non-hydrogen) atoms. The number of hydrogen-bond donors (Lipinski definition) is 3. The molecule has 0 bridgehead atoms. The van der Waals surface area contributed by atoms with Crippen LogP contribution >= 0.6 is 0 Å². The van der Waals surface area contributed by atoms with Crippen molar-refractivity contribution in [2.45, 2.75) is 418 Å². The zero-order chi connectivity index (χ0) is 57.1. The Labute approximate surface area is 494 Å². The Balaban J connectivity index is 3.38. The summed E-state index contributed by atoms with van der Waals surface area (Å²) in [6, 6.07) is -0.627. The number of hydrogen-bond acceptors (Lipinski definition) is 5. The molecule has 0 saturated carbocycles. The van der Waals surface area contributed by atoms with Crippen LogP contribution < -0.4 is 5.32 Å². The summed E-state index contributed by atoms with van der Waals surface area (Å²) in [6.07, 6.45) is 86.9. The van der Waals surface area contributed by atoms with Crippen molar-refractivity contribution in [2.24, 2.45) is 0 Å². The van der Waals surface area contributed by atoms with Gasteiger partial charge in [0.25, 0.3) is 0 Å². The smallest absolute Gasteiger partial charge is 0.305 e. The predicted octanol–water partition coefficient (Wildman–Crippen LogP) is 23.3. The van der Waals surface area contributed by atoms with Gasteiger partial charge in [-0.25, -0.2) is 0 Å². The Hall–Kier alpha value is -1.66. The number of nitrogens with one attached hydrogen (secondary N) is 1. The zero-order valence-electron chi connectivity index (χ0n) is 53.6. The molecule has 6 heteroatoms. The fourth-order valence-electron chi connectivity index (χ4n) is 11.5. The second-order valence-electron chi connectivity index (χ2n) is 24.9. The van der Waals surface area contributed by atoms with Crippen LogP contribution in [-0.2, 0) is 14.3 Å². The van der Waals surface area contributed by atoms with Crippen molar-refractivity contribution in [1.82, 2.24) is 5.32 Å². The molecule has 0 aliphatic rings. The van der Waals surface area contributed by atoms with Gasteiger partial charge >= 0.3 is 5.97 Å². The molecule has 0 aromatic rings. The third-order valence-electron chi connectivity index (χ3n) is 17.0. The van der Waals surface area contributed by atoms with E-state index in [0.717, 1.165) is 38.5 Å². The van der Waals surface area contributed by atoms with Gasteiger partial charge in [0.1, 0.15) is 0 Å². The molecule has 0 aromatic carbocycles. The lowest BCUT2D eigenvalue weighted by Crippen LogP contribution is -2.45. The molecule has 0 saturated heterocycles. The summed E-state index contributed by atoms with van der Waals surface area (Å²) >= 11 is 0. The SMILES string of the molecule is CCCCCCCCCCCCCCCCCC/C=C/C(O)C(CO)NC(=O)CCCCCCCCCCCCCCC/C=C\CCCCCCCCCCCCCCOC(=O)CCCCCCCCCCCCCCCCC. The molecule has 0 aromatic heterocycles. The van der Waals surface area contributed by atoms with Gasteiger partial charge < -0.3 is 20.3 Å². The van der Waals surface area contributed by atoms with E-state index < -0.39 is 12.1 Å². The van der Waals surface area contributed by atoms with Gasteiger partial charge in [-0.2, -0.15) is 0 Å². The quantitative estimate of drug-likeness (QED) is 0.0320. The molecule has 0 fully saturated rings. The van der Waals surface area contributed by atoms with Crippen LogP contribution in [0.2, 0.25) is 0 Å². The lowest BCUT2D eigenvalue weighted by molar-refractivity contribution is -0.143. The third kappa shape index (κ3) is 65.4. The molecule has 1 amide bonds. The molecular weight excluding hydrogens is 971 g/mol. The van der Waals surface area contributed by atoms with Crippen LogP contribution in [0.3, 0.4) is 0 Å². The number of aliphatic hydroxyl groups is 2. The number of unbranched alkanes of at least 4 members (excludes halogenated alkanes) is 55. The van der Waals surface area contributed by atoms with Crippen LogP contribution in [0, 0.1) is 0 Å². The number of allylic oxidation sites excluding steroid dienone is 3. The average Bonchev–Trinajstić information content (AvgIpc) is 3.45. The van der Waals surface area contributed by atoms with Crippen molar-refractivity contribution < 1.29 is 24.5 Å². The summed E-state index contributed by atoms with van der Waals surface area (Å²) in [5.41, 5.74) is 0. The highest BCUT2D eigenvalue weighted by molar-refractivity contribution is 5.76. The first-order valence-corrected chi connectivity index (χ1v) is 36.1. The highest BCUT2D eigenvalue weighted by Crippen LogP contribution is 2.19. The van der Waals surface area contributed by atoms with Gasteiger partial charge in [-0.3, -0.25) is 9.59 Å². The summed E-state index contributed by atoms with van der Waals surface area (Å²) < 4.78 is 5.50. The van der Waals surface area contributed by atoms with Crippen molar-refractivity contribution in [3.63, 3.8) is 0 Å². The van der Waals surface area contributed by atoms with Crippen LogP contribution in [0.25, 0.3) is 0 Å². The van der Waals surface area contributed by atoms with E-state index in [0.29, 0.717) is 19.4 Å². The molecule has 6 nitrogen and oxygen atoms in total. The Morgan fingerprint density at radius 1 is 0.342 bits per heavy atom. The van der Waals surface area contributed by atoms with E-state index in [9.17, 15) is 19.8 Å². The molecule has 0 radical (unpaired) electrons. The van der Waals surface area contributed by atoms with Gasteiger partial charge in [-0.05, 0) is 57.8 Å². The van der Waals surface area contributed by atoms with Crippen molar-refractivity contribution in [3.05, 3.63) is 24.3 Å². The van der Waals surface area contributed by atoms with Crippen molar-refractivity contribution in [2.75, 3.05) is 13.2 Å². The first-order valence-electron chi connectivity index (χ1n) is 36.1. The topological polar surface area (TPSA) is 95.9 Å². The first kappa shape index (κ1) is 77.3. The van der Waals surface area contributed by atoms with Crippen LogP contribution in [0.5, 0.6) is 0 Å². The molecule has 2 unspecified atom stereocenters. The van der Waals surface area contributed by atoms with Crippen LogP contribution in [0.1, 0.15) is 406 Å². The summed E-state index contributed by atoms with van der Waals surface area (Å²) in [5.74, 6) is -0.0438. The maximum absolute atomic E-state index is 12.5. The third-order valence-corrected chi connectivity index (χ3v) is 17.0. The molecular formula is C73H141NO5. The molecule has 0 spiro atoms. The molecule has 0 heterocycles. The van der Waals surface area contributed by atoms with Crippen molar-refractivity contribution >= 4 is 11.9 Å². The normalized spacial score (nSPS) is 12.6. The zero-order valence-corrected chi connectivity index (χ0v) is 53.6. The lowest BCUT2D eigenvalue weighted by Gasteiger charge is -2.20. The predicted molar refractivity (Wildman–Crippen MR) is 347 cm³/mol. The average molecular weight is 1110 g/mol. The van der Waals surface area contributed by atoms with Gasteiger partial charge in [-0.1, -0.05) is 359 Å². The van der Waals surface area contributed by atoms with E-state index in [1.165, 1.54) is 340 Å². The Morgan fingerprint density at radius 3 is 0.899 bits per heavy atom. The number of esters is 1. The van der Waals surface area contributed by atoms with E-state index in [-0.39, 0.29) is 18.5 Å². The minimum Gasteiger partial charge on any atom is -0.466 e. The van der Waals surface area contributed by atoms with Gasteiger partial charge in [0.2, 0.25) is 5.91 Å². The number of aliphatic hydroxyl groups excluding tert-OH is 2. The Kier molecular flexibility index (Phi) is 67.4. The van der Waals surface area contributed by atoms with Crippen LogP contribution in [0.15, 0.2) is 24.3 Å². The second-order valence-corrected chi connectivity index (χ2v) is 24.9. The van der Waals surface area contributed by atoms with E-state index >= 15 is 0 Å². The van der Waals surface area contributed by atoms with Gasteiger partial charge in [0, 0.05) is 12.8 Å². The fourth-order valence-corrected chi connectivity index (χ4v) is 11.5. The van der Waals surface area contributed by atoms with E-state index in [1.807, 2.05) is 6.08 Å². The standard InChI is InChI=1S/C73H141NO5/c1-3-5-7-9-11-13-15-17-19-20-34-38-41-45-49-53-57-61-65-71(76)70(69-75)74-72(77)66-62-58-54-50-46-42-39-35-32-30-28-26-24-22-21-23-25-27-29-31-33-36-40-44-48-52-56-60-64-68-79-73(78)67-63-59-55-51-47-43-37-18-16-14-12-10-8-6-4-2/h21,23,61,65,70-71,75-76H,3-20,22,24-60,62-64,66-69H2,1-2H3,(H,74,77)/b23-21-,65-61+. The van der Waals surface area contributed by atoms with Crippen LogP contribution in [0.4, 0.5) is 0 Å². The summed E-state index contributed by atoms with van der Waals surface area (Å²) in [5, 5.41) is 23.2. The van der Waals surface area contributed by atoms with Gasteiger partial charge in [0.15, 0.2) is 0 Å². The number of amides is 1. The van der Waals surface area contributed by atoms with E-state index in [1.54, 1.807) is 6.08 Å². The van der Waals surface area contributed by atoms with Crippen molar-refractivity contribution in [3.8, 4) is 0 Å². The minimum atomic E-state index is -0.844. The summed E-state index contributed by atoms with van der Waals surface area (Å²) in [4.78, 5) is 24.6. The van der Waals surface area contributed by atoms with E-state index in [4.69, 9.17) is 4.74 Å². The number of carbonyl (C=O) groups is 2. The largest absolute Gasteiger partial charge is 0.466 e. The molecule has 0 rings (SSSR count). The number of carbonyl (C=O) groups excluding carboxylic acids is 2. The molecule has 3 N–H and O–H groups in total. The maximum Gasteiger partial charge on any atom is 0.305 e. The van der Waals surface area contributed by atoms with Crippen LogP contribution in [-0.4, -0.2) is 47.4 Å². The molecule has 0 aliphatic carbocycles. The van der Waals surface area contributed by atoms with Crippen molar-refractivity contribution in [1.29, 1.82) is 0 Å². The highest BCUT2D eigenvalue weighted by Gasteiger charge is 2.18. The molecule has 2 atom stereocenters. The molecule has 468 valence electrons. The van der Waals surface area contributed by atoms with E-state index in [2.05, 4.69) is 31.3 Å². The fraction of sp³-hybridized carbons (Fsp3) is 0.918. The van der Waals surface area contributed by atoms with Gasteiger partial charge in [-0.15, -0.1) is 0 Å². The molecule has 0 aliphatic heterocycles. The lowest BCUT2D eigenvalue weighted by atomic mass is 10.0. The second kappa shape index (κ2) is 68.8. The minimum absolute atomic E-state index is 0.0198. The van der Waals surface area contributed by atoms with Gasteiger partial charge in [0.05, 0.1) is 25.4 Å². The summed E-state index contributed by atoms with van der Waals surface area (Å²) in [7, 11) is 0. The Bertz CT molecular complexity index is 1230. The summed E-state index contributed by atoms with van der Waals surface area (Å²) in [6.45, 7) is 4.95. The number of ether oxygens (including phenoxy) is 1. The highest BCUT2D eigenvalue weighted by atomic mass is 16.5. The monoisotopic (exact) mass is 1110 g/mol. The maximum atomic E-state index is 12.5.